The summed E-state index contributed by atoms with van der Waals surface area (Å²) < 4.78 is 5.94. The Bertz CT molecular complexity index is 956. The Labute approximate surface area is 188 Å². The molecule has 0 radical (unpaired) electrons. The van der Waals surface area contributed by atoms with E-state index in [4.69, 9.17) is 10.5 Å². The van der Waals surface area contributed by atoms with Gasteiger partial charge in [-0.15, -0.1) is 0 Å². The standard InChI is InChI=1S/C24H31N5O3/c25-21-20(26-12-13-27-21)22(30)29-15-10-24(11-16-29)9-5-1-2-6-18-7-3-4-8-19(18)32-17-14-28-23(24)31/h3-4,7-8,12-13H,1-2,5-6,9-11,14-17H2,(H2,25,27)(H,28,31). The van der Waals surface area contributed by atoms with Crippen LogP contribution in [0.1, 0.15) is 54.6 Å². The lowest BCUT2D eigenvalue weighted by atomic mass is 9.73. The van der Waals surface area contributed by atoms with Crippen LogP contribution < -0.4 is 15.8 Å². The number of nitrogens with one attached hydrogen (secondary N) is 1. The minimum absolute atomic E-state index is 0.0692. The zero-order valence-electron chi connectivity index (χ0n) is 18.4. The van der Waals surface area contributed by atoms with Gasteiger partial charge >= 0.3 is 0 Å². The van der Waals surface area contributed by atoms with E-state index in [1.165, 1.54) is 18.0 Å². The highest BCUT2D eigenvalue weighted by molar-refractivity contribution is 5.96. The molecular formula is C24H31N5O3. The van der Waals surface area contributed by atoms with Crippen LogP contribution in [0.3, 0.4) is 0 Å². The second-order valence-corrected chi connectivity index (χ2v) is 8.64. The zero-order valence-corrected chi connectivity index (χ0v) is 18.4. The maximum Gasteiger partial charge on any atom is 0.276 e. The van der Waals surface area contributed by atoms with Gasteiger partial charge in [0.2, 0.25) is 5.91 Å². The van der Waals surface area contributed by atoms with E-state index < -0.39 is 5.41 Å². The average Bonchev–Trinajstić information content (AvgIpc) is 2.83. The van der Waals surface area contributed by atoms with Crippen LogP contribution in [0.25, 0.3) is 0 Å². The molecule has 2 aliphatic rings. The van der Waals surface area contributed by atoms with E-state index >= 15 is 0 Å². The highest BCUT2D eigenvalue weighted by atomic mass is 16.5. The van der Waals surface area contributed by atoms with Gasteiger partial charge in [-0.05, 0) is 43.7 Å². The van der Waals surface area contributed by atoms with E-state index in [0.29, 0.717) is 39.1 Å². The fraction of sp³-hybridized carbons (Fsp3) is 0.500. The number of hydrogen-bond donors (Lipinski definition) is 2. The van der Waals surface area contributed by atoms with Crippen molar-refractivity contribution in [2.24, 2.45) is 5.41 Å². The molecule has 1 spiro atoms. The Morgan fingerprint density at radius 2 is 1.84 bits per heavy atom. The third-order valence-corrected chi connectivity index (χ3v) is 6.64. The number of hydrogen-bond acceptors (Lipinski definition) is 6. The topological polar surface area (TPSA) is 110 Å². The van der Waals surface area contributed by atoms with Gasteiger partial charge in [0.15, 0.2) is 11.5 Å². The van der Waals surface area contributed by atoms with Gasteiger partial charge in [-0.2, -0.15) is 0 Å². The summed E-state index contributed by atoms with van der Waals surface area (Å²) in [7, 11) is 0. The number of nitrogens with two attached hydrogens (primary N) is 1. The molecule has 8 heteroatoms. The van der Waals surface area contributed by atoms with Gasteiger partial charge in [0.05, 0.1) is 12.0 Å². The predicted octanol–water partition coefficient (Wildman–Crippen LogP) is 2.59. The number of aryl methyl sites for hydroxylation is 1. The van der Waals surface area contributed by atoms with Gasteiger partial charge in [-0.1, -0.05) is 31.0 Å². The number of amides is 2. The number of carbonyl (C=O) groups is 2. The van der Waals surface area contributed by atoms with Crippen molar-refractivity contribution in [1.82, 2.24) is 20.2 Å². The molecule has 1 aromatic heterocycles. The van der Waals surface area contributed by atoms with Gasteiger partial charge in [0.1, 0.15) is 12.4 Å². The third kappa shape index (κ3) is 4.84. The van der Waals surface area contributed by atoms with E-state index in [1.54, 1.807) is 4.90 Å². The normalized spacial score (nSPS) is 19.5. The largest absolute Gasteiger partial charge is 0.491 e. The fourth-order valence-corrected chi connectivity index (χ4v) is 4.71. The zero-order chi connectivity index (χ0) is 22.4. The van der Waals surface area contributed by atoms with E-state index in [1.807, 2.05) is 18.2 Å². The monoisotopic (exact) mass is 437 g/mol. The molecule has 0 saturated carbocycles. The van der Waals surface area contributed by atoms with Crippen molar-refractivity contribution in [3.63, 3.8) is 0 Å². The summed E-state index contributed by atoms with van der Waals surface area (Å²) >= 11 is 0. The minimum Gasteiger partial charge on any atom is -0.491 e. The highest BCUT2D eigenvalue weighted by Gasteiger charge is 2.42. The van der Waals surface area contributed by atoms with Crippen molar-refractivity contribution in [3.8, 4) is 5.75 Å². The number of nitrogens with zero attached hydrogens (tertiary/aromatic N) is 3. The van der Waals surface area contributed by atoms with Crippen LogP contribution in [0.2, 0.25) is 0 Å². The average molecular weight is 438 g/mol. The first-order valence-corrected chi connectivity index (χ1v) is 11.4. The Morgan fingerprint density at radius 1 is 1.06 bits per heavy atom. The molecule has 32 heavy (non-hydrogen) atoms. The molecule has 0 unspecified atom stereocenters. The number of anilines is 1. The predicted molar refractivity (Wildman–Crippen MR) is 121 cm³/mol. The number of piperidine rings is 1. The van der Waals surface area contributed by atoms with E-state index in [2.05, 4.69) is 21.4 Å². The summed E-state index contributed by atoms with van der Waals surface area (Å²) in [6.45, 7) is 1.91. The molecule has 2 amide bonds. The van der Waals surface area contributed by atoms with Crippen molar-refractivity contribution in [3.05, 3.63) is 47.9 Å². The lowest BCUT2D eigenvalue weighted by molar-refractivity contribution is -0.134. The molecule has 2 aliphatic heterocycles. The summed E-state index contributed by atoms with van der Waals surface area (Å²) in [5.74, 6) is 0.894. The first kappa shape index (κ1) is 22.0. The molecule has 2 aromatic rings. The lowest BCUT2D eigenvalue weighted by Gasteiger charge is -2.40. The number of ether oxygens (including phenoxy) is 1. The molecule has 1 fully saturated rings. The smallest absolute Gasteiger partial charge is 0.276 e. The van der Waals surface area contributed by atoms with Crippen LogP contribution in [0.5, 0.6) is 5.75 Å². The summed E-state index contributed by atoms with van der Waals surface area (Å²) in [4.78, 5) is 35.9. The number of aromatic nitrogens is 2. The Morgan fingerprint density at radius 3 is 2.66 bits per heavy atom. The van der Waals surface area contributed by atoms with Gasteiger partial charge in [-0.25, -0.2) is 9.97 Å². The summed E-state index contributed by atoms with van der Waals surface area (Å²) in [5.41, 5.74) is 6.78. The fourth-order valence-electron chi connectivity index (χ4n) is 4.71. The second-order valence-electron chi connectivity index (χ2n) is 8.64. The van der Waals surface area contributed by atoms with Crippen molar-refractivity contribution < 1.29 is 14.3 Å². The summed E-state index contributed by atoms with van der Waals surface area (Å²) in [5, 5.41) is 3.09. The molecule has 1 aromatic carbocycles. The molecular weight excluding hydrogens is 406 g/mol. The molecule has 4 rings (SSSR count). The van der Waals surface area contributed by atoms with Crippen LogP contribution in [0, 0.1) is 5.41 Å². The van der Waals surface area contributed by atoms with Crippen LogP contribution in [-0.2, 0) is 11.2 Å². The van der Waals surface area contributed by atoms with Crippen molar-refractivity contribution in [2.75, 3.05) is 32.0 Å². The first-order valence-electron chi connectivity index (χ1n) is 11.4. The molecule has 170 valence electrons. The van der Waals surface area contributed by atoms with Crippen molar-refractivity contribution >= 4 is 17.6 Å². The van der Waals surface area contributed by atoms with Crippen LogP contribution >= 0.6 is 0 Å². The van der Waals surface area contributed by atoms with Crippen molar-refractivity contribution in [2.45, 2.75) is 44.9 Å². The number of nitrogen functional groups attached to an aromatic ring is 1. The van der Waals surface area contributed by atoms with E-state index in [9.17, 15) is 9.59 Å². The molecule has 3 heterocycles. The first-order chi connectivity index (χ1) is 15.6. The molecule has 3 N–H and O–H groups in total. The maximum absolute atomic E-state index is 13.2. The van der Waals surface area contributed by atoms with Crippen LogP contribution in [0.15, 0.2) is 36.7 Å². The molecule has 0 bridgehead atoms. The Balaban J connectivity index is 1.41. The summed E-state index contributed by atoms with van der Waals surface area (Å²) in [6, 6.07) is 8.13. The van der Waals surface area contributed by atoms with Crippen LogP contribution in [0.4, 0.5) is 5.82 Å². The van der Waals surface area contributed by atoms with Gasteiger partial charge in [-0.3, -0.25) is 9.59 Å². The Hall–Kier alpha value is -3.16. The molecule has 8 nitrogen and oxygen atoms in total. The number of carbonyl (C=O) groups excluding carboxylic acids is 2. The third-order valence-electron chi connectivity index (χ3n) is 6.64. The number of likely N-dealkylation sites (tertiary alicyclic amines) is 1. The van der Waals surface area contributed by atoms with E-state index in [0.717, 1.165) is 37.9 Å². The van der Waals surface area contributed by atoms with E-state index in [-0.39, 0.29) is 23.3 Å². The molecule has 0 atom stereocenters. The Kier molecular flexibility index (Phi) is 6.87. The quantitative estimate of drug-likeness (QED) is 0.710. The second kappa shape index (κ2) is 9.97. The summed E-state index contributed by atoms with van der Waals surface area (Å²) in [6.07, 6.45) is 9.12. The highest BCUT2D eigenvalue weighted by Crippen LogP contribution is 2.38. The SMILES string of the molecule is Nc1nccnc1C(=O)N1CCC2(CCCCCc3ccccc3OCCNC2=O)CC1. The minimum atomic E-state index is -0.453. The van der Waals surface area contributed by atoms with Gasteiger partial charge < -0.3 is 20.7 Å². The van der Waals surface area contributed by atoms with Gasteiger partial charge in [0.25, 0.3) is 5.91 Å². The van der Waals surface area contributed by atoms with Crippen molar-refractivity contribution in [1.29, 1.82) is 0 Å². The lowest BCUT2D eigenvalue weighted by Crippen LogP contribution is -2.51. The molecule has 1 saturated heterocycles. The maximum atomic E-state index is 13.2. The number of benzene rings is 1. The number of fused-ring (bicyclic) bond motifs is 1. The number of para-hydroxylation sites is 1. The number of rotatable bonds is 1. The van der Waals surface area contributed by atoms with Gasteiger partial charge in [0, 0.05) is 25.5 Å². The van der Waals surface area contributed by atoms with Crippen LogP contribution in [-0.4, -0.2) is 52.9 Å². The molecule has 0 aliphatic carbocycles.